The van der Waals surface area contributed by atoms with Crippen LogP contribution >= 0.6 is 11.3 Å². The number of nitrogens with one attached hydrogen (secondary N) is 2. The first-order chi connectivity index (χ1) is 9.15. The van der Waals surface area contributed by atoms with Gasteiger partial charge in [-0.1, -0.05) is 18.2 Å². The first kappa shape index (κ1) is 13.7. The van der Waals surface area contributed by atoms with Crippen LogP contribution < -0.4 is 10.6 Å². The average molecular weight is 275 g/mol. The van der Waals surface area contributed by atoms with E-state index in [2.05, 4.69) is 15.6 Å². The van der Waals surface area contributed by atoms with Crippen molar-refractivity contribution in [2.45, 2.75) is 26.9 Å². The van der Waals surface area contributed by atoms with Gasteiger partial charge in [0.2, 0.25) is 5.91 Å². The van der Waals surface area contributed by atoms with Gasteiger partial charge in [0.25, 0.3) is 0 Å². The van der Waals surface area contributed by atoms with Gasteiger partial charge >= 0.3 is 0 Å². The number of hydrogen-bond acceptors (Lipinski definition) is 4. The number of hydrogen-bond donors (Lipinski definition) is 2. The summed E-state index contributed by atoms with van der Waals surface area (Å²) in [4.78, 5) is 16.6. The van der Waals surface area contributed by atoms with E-state index in [0.29, 0.717) is 6.54 Å². The lowest BCUT2D eigenvalue weighted by Crippen LogP contribution is -2.15. The minimum Gasteiger partial charge on any atom is -0.326 e. The standard InChI is InChI=1S/C14H17N3OS/c1-10(18)17-14-6-4-3-5-12(14)7-15-8-13-9-16-11(2)19-13/h3-6,9,15H,7-8H2,1-2H3,(H,17,18). The zero-order valence-electron chi connectivity index (χ0n) is 11.1. The predicted molar refractivity (Wildman–Crippen MR) is 78.1 cm³/mol. The van der Waals surface area contributed by atoms with E-state index < -0.39 is 0 Å². The molecule has 0 atom stereocenters. The molecule has 5 heteroatoms. The van der Waals surface area contributed by atoms with Crippen molar-refractivity contribution in [3.8, 4) is 0 Å². The molecule has 2 aromatic rings. The Morgan fingerprint density at radius 1 is 1.32 bits per heavy atom. The van der Waals surface area contributed by atoms with Gasteiger partial charge in [-0.2, -0.15) is 0 Å². The number of aryl methyl sites for hydroxylation is 1. The molecular formula is C14H17N3OS. The van der Waals surface area contributed by atoms with Crippen molar-refractivity contribution in [1.29, 1.82) is 0 Å². The maximum Gasteiger partial charge on any atom is 0.221 e. The number of nitrogens with zero attached hydrogens (tertiary/aromatic N) is 1. The lowest BCUT2D eigenvalue weighted by Gasteiger charge is -2.10. The lowest BCUT2D eigenvalue weighted by molar-refractivity contribution is -0.114. The Balaban J connectivity index is 1.93. The Hall–Kier alpha value is -1.72. The zero-order valence-corrected chi connectivity index (χ0v) is 11.9. The molecule has 0 saturated carbocycles. The third-order valence-corrected chi connectivity index (χ3v) is 3.52. The number of thiazole rings is 1. The monoisotopic (exact) mass is 275 g/mol. The summed E-state index contributed by atoms with van der Waals surface area (Å²) < 4.78 is 0. The highest BCUT2D eigenvalue weighted by Gasteiger charge is 2.03. The van der Waals surface area contributed by atoms with Crippen LogP contribution in [0.2, 0.25) is 0 Å². The molecule has 1 aromatic carbocycles. The number of carbonyl (C=O) groups excluding carboxylic acids is 1. The van der Waals surface area contributed by atoms with Crippen molar-refractivity contribution in [3.63, 3.8) is 0 Å². The summed E-state index contributed by atoms with van der Waals surface area (Å²) in [6.45, 7) is 5.03. The molecule has 0 spiro atoms. The molecule has 1 aromatic heterocycles. The second-order valence-corrected chi connectivity index (χ2v) is 5.61. The zero-order chi connectivity index (χ0) is 13.7. The van der Waals surface area contributed by atoms with Gasteiger partial charge in [-0.15, -0.1) is 11.3 Å². The van der Waals surface area contributed by atoms with Gasteiger partial charge in [-0.3, -0.25) is 4.79 Å². The highest BCUT2D eigenvalue weighted by Crippen LogP contribution is 2.15. The summed E-state index contributed by atoms with van der Waals surface area (Å²) in [6.07, 6.45) is 1.90. The van der Waals surface area contributed by atoms with Gasteiger partial charge in [0.15, 0.2) is 0 Å². The van der Waals surface area contributed by atoms with Crippen LogP contribution in [0.4, 0.5) is 5.69 Å². The molecule has 0 radical (unpaired) electrons. The molecule has 0 bridgehead atoms. The van der Waals surface area contributed by atoms with E-state index in [1.165, 1.54) is 11.8 Å². The molecule has 0 aliphatic heterocycles. The fraction of sp³-hybridized carbons (Fsp3) is 0.286. The van der Waals surface area contributed by atoms with E-state index in [1.54, 1.807) is 11.3 Å². The van der Waals surface area contributed by atoms with Crippen LogP contribution in [0.1, 0.15) is 22.4 Å². The average Bonchev–Trinajstić information content (AvgIpc) is 2.77. The van der Waals surface area contributed by atoms with E-state index in [9.17, 15) is 4.79 Å². The topological polar surface area (TPSA) is 54.0 Å². The number of benzene rings is 1. The Morgan fingerprint density at radius 3 is 2.79 bits per heavy atom. The van der Waals surface area contributed by atoms with Crippen LogP contribution in [-0.4, -0.2) is 10.9 Å². The summed E-state index contributed by atoms with van der Waals surface area (Å²) in [5.41, 5.74) is 1.95. The first-order valence-electron chi connectivity index (χ1n) is 6.12. The van der Waals surface area contributed by atoms with Crippen molar-refractivity contribution in [3.05, 3.63) is 45.9 Å². The first-order valence-corrected chi connectivity index (χ1v) is 6.94. The molecule has 0 unspecified atom stereocenters. The van der Waals surface area contributed by atoms with Crippen molar-refractivity contribution < 1.29 is 4.79 Å². The van der Waals surface area contributed by atoms with Crippen molar-refractivity contribution in [2.24, 2.45) is 0 Å². The lowest BCUT2D eigenvalue weighted by atomic mass is 10.1. The molecule has 2 N–H and O–H groups in total. The summed E-state index contributed by atoms with van der Waals surface area (Å²) in [5, 5.41) is 7.28. The van der Waals surface area contributed by atoms with Gasteiger partial charge in [0.05, 0.1) is 5.01 Å². The van der Waals surface area contributed by atoms with Crippen LogP contribution in [-0.2, 0) is 17.9 Å². The van der Waals surface area contributed by atoms with E-state index in [-0.39, 0.29) is 5.91 Å². The smallest absolute Gasteiger partial charge is 0.221 e. The molecule has 100 valence electrons. The third-order valence-electron chi connectivity index (χ3n) is 2.61. The van der Waals surface area contributed by atoms with Gasteiger partial charge < -0.3 is 10.6 Å². The molecule has 4 nitrogen and oxygen atoms in total. The molecule has 1 amide bonds. The van der Waals surface area contributed by atoms with E-state index >= 15 is 0 Å². The van der Waals surface area contributed by atoms with Gasteiger partial charge in [-0.25, -0.2) is 4.98 Å². The molecule has 0 saturated heterocycles. The van der Waals surface area contributed by atoms with Crippen LogP contribution in [0.5, 0.6) is 0 Å². The minimum absolute atomic E-state index is 0.0504. The summed E-state index contributed by atoms with van der Waals surface area (Å²) in [6, 6.07) is 7.81. The summed E-state index contributed by atoms with van der Waals surface area (Å²) >= 11 is 1.69. The normalized spacial score (nSPS) is 10.4. The molecule has 2 rings (SSSR count). The van der Waals surface area contributed by atoms with Crippen LogP contribution in [0.25, 0.3) is 0 Å². The SMILES string of the molecule is CC(=O)Nc1ccccc1CNCc1cnc(C)s1. The molecule has 0 fully saturated rings. The highest BCUT2D eigenvalue weighted by molar-refractivity contribution is 7.11. The molecule has 0 aliphatic carbocycles. The number of aromatic nitrogens is 1. The predicted octanol–water partition coefficient (Wildman–Crippen LogP) is 2.70. The second kappa shape index (κ2) is 6.45. The maximum absolute atomic E-state index is 11.1. The van der Waals surface area contributed by atoms with Crippen molar-refractivity contribution >= 4 is 22.9 Å². The maximum atomic E-state index is 11.1. The number of para-hydroxylation sites is 1. The van der Waals surface area contributed by atoms with Gasteiger partial charge in [0.1, 0.15) is 0 Å². The fourth-order valence-electron chi connectivity index (χ4n) is 1.79. The molecule has 19 heavy (non-hydrogen) atoms. The van der Waals surface area contributed by atoms with Crippen LogP contribution in [0, 0.1) is 6.92 Å². The highest BCUT2D eigenvalue weighted by atomic mass is 32.1. The number of anilines is 1. The Kier molecular flexibility index (Phi) is 4.65. The Labute approximate surface area is 116 Å². The van der Waals surface area contributed by atoms with Crippen LogP contribution in [0.3, 0.4) is 0 Å². The van der Waals surface area contributed by atoms with Crippen molar-refractivity contribution in [1.82, 2.24) is 10.3 Å². The summed E-state index contributed by atoms with van der Waals surface area (Å²) in [7, 11) is 0. The van der Waals surface area contributed by atoms with Gasteiger partial charge in [0, 0.05) is 36.8 Å². The number of rotatable bonds is 5. The van der Waals surface area contributed by atoms with E-state index in [1.807, 2.05) is 37.4 Å². The Bertz CT molecular complexity index is 565. The molecule has 0 aliphatic rings. The number of carbonyl (C=O) groups is 1. The minimum atomic E-state index is -0.0504. The number of amides is 1. The van der Waals surface area contributed by atoms with E-state index in [4.69, 9.17) is 0 Å². The van der Waals surface area contributed by atoms with Crippen molar-refractivity contribution in [2.75, 3.05) is 5.32 Å². The summed E-state index contributed by atoms with van der Waals surface area (Å²) in [5.74, 6) is -0.0504. The van der Waals surface area contributed by atoms with E-state index in [0.717, 1.165) is 22.8 Å². The van der Waals surface area contributed by atoms with Gasteiger partial charge in [-0.05, 0) is 18.6 Å². The molecule has 1 heterocycles. The fourth-order valence-corrected chi connectivity index (χ4v) is 2.56. The van der Waals surface area contributed by atoms with Crippen LogP contribution in [0.15, 0.2) is 30.5 Å². The Morgan fingerprint density at radius 2 is 2.11 bits per heavy atom. The third kappa shape index (κ3) is 4.15. The molecular weight excluding hydrogens is 258 g/mol. The second-order valence-electron chi connectivity index (χ2n) is 4.29. The largest absolute Gasteiger partial charge is 0.326 e. The quantitative estimate of drug-likeness (QED) is 0.882.